The Morgan fingerprint density at radius 3 is 2.73 bits per heavy atom. The molecule has 0 bridgehead atoms. The predicted octanol–water partition coefficient (Wildman–Crippen LogP) is 2.38. The lowest BCUT2D eigenvalue weighted by Gasteiger charge is -2.11. The van der Waals surface area contributed by atoms with Crippen molar-refractivity contribution in [3.8, 4) is 12.3 Å². The van der Waals surface area contributed by atoms with Gasteiger partial charge in [-0.25, -0.2) is 4.79 Å². The molecule has 1 aromatic rings. The largest absolute Gasteiger partial charge is 0.478 e. The number of amides is 1. The minimum absolute atomic E-state index is 0.0265. The number of carboxylic acids is 1. The van der Waals surface area contributed by atoms with Crippen LogP contribution in [0, 0.1) is 19.3 Å². The number of aromatic carboxylic acids is 1. The Balaban J connectivity index is 1.91. The Kier molecular flexibility index (Phi) is 4.51. The molecule has 0 spiro atoms. The highest BCUT2D eigenvalue weighted by Crippen LogP contribution is 2.37. The molecule has 2 heterocycles. The molecule has 0 atom stereocenters. The van der Waals surface area contributed by atoms with E-state index in [9.17, 15) is 9.59 Å². The summed E-state index contributed by atoms with van der Waals surface area (Å²) in [6.45, 7) is 1.70. The van der Waals surface area contributed by atoms with Crippen LogP contribution < -0.4 is 5.32 Å². The Morgan fingerprint density at radius 1 is 1.41 bits per heavy atom. The van der Waals surface area contributed by atoms with Crippen LogP contribution in [0.5, 0.6) is 0 Å². The van der Waals surface area contributed by atoms with E-state index in [1.807, 2.05) is 0 Å². The molecule has 0 saturated carbocycles. The van der Waals surface area contributed by atoms with Crippen molar-refractivity contribution in [3.05, 3.63) is 23.5 Å². The fourth-order valence-electron chi connectivity index (χ4n) is 1.97. The fraction of sp³-hybridized carbons (Fsp3) is 0.400. The van der Waals surface area contributed by atoms with Gasteiger partial charge in [-0.05, 0) is 13.0 Å². The van der Waals surface area contributed by atoms with Gasteiger partial charge in [0.25, 0.3) is 0 Å². The number of aryl methyl sites for hydroxylation is 1. The zero-order valence-electron chi connectivity index (χ0n) is 12.2. The molecule has 0 saturated heterocycles. The van der Waals surface area contributed by atoms with E-state index >= 15 is 0 Å². The summed E-state index contributed by atoms with van der Waals surface area (Å²) in [6.07, 6.45) is 8.40. The third-order valence-electron chi connectivity index (χ3n) is 3.41. The number of carboxylic acid groups (broad SMARTS) is 1. The van der Waals surface area contributed by atoms with E-state index in [-0.39, 0.29) is 17.9 Å². The first-order valence-corrected chi connectivity index (χ1v) is 6.83. The molecule has 114 valence electrons. The first-order valence-electron chi connectivity index (χ1n) is 6.83. The number of terminal acetylenes is 1. The minimum Gasteiger partial charge on any atom is -0.478 e. The van der Waals surface area contributed by atoms with Gasteiger partial charge in [0.05, 0.1) is 16.9 Å². The number of aromatic nitrogens is 1. The molecule has 2 N–H and O–H groups in total. The van der Waals surface area contributed by atoms with Gasteiger partial charge in [0.2, 0.25) is 5.91 Å². The predicted molar refractivity (Wildman–Crippen MR) is 79.5 cm³/mol. The molecule has 0 radical (unpaired) electrons. The number of rotatable bonds is 7. The normalized spacial score (nSPS) is 14.2. The lowest BCUT2D eigenvalue weighted by Crippen LogP contribution is -2.18. The Bertz CT molecular complexity index is 670. The number of nitrogens with one attached hydrogen (secondary N) is 1. The highest BCUT2D eigenvalue weighted by Gasteiger charge is 2.39. The highest BCUT2D eigenvalue weighted by atomic mass is 16.4. The molecule has 0 aliphatic carbocycles. The van der Waals surface area contributed by atoms with Gasteiger partial charge in [-0.3, -0.25) is 9.78 Å². The minimum atomic E-state index is -1.09. The van der Waals surface area contributed by atoms with Crippen molar-refractivity contribution < 1.29 is 14.7 Å². The average molecular weight is 300 g/mol. The fourth-order valence-corrected chi connectivity index (χ4v) is 1.97. The smallest absolute Gasteiger partial charge is 0.337 e. The van der Waals surface area contributed by atoms with E-state index in [0.29, 0.717) is 30.6 Å². The van der Waals surface area contributed by atoms with Crippen LogP contribution in [0.4, 0.5) is 5.69 Å². The Morgan fingerprint density at radius 2 is 2.14 bits per heavy atom. The second kappa shape index (κ2) is 6.35. The van der Waals surface area contributed by atoms with Gasteiger partial charge in [-0.2, -0.15) is 10.2 Å². The molecule has 1 aromatic heterocycles. The van der Waals surface area contributed by atoms with Crippen molar-refractivity contribution in [1.82, 2.24) is 4.98 Å². The monoisotopic (exact) mass is 300 g/mol. The maximum atomic E-state index is 12.0. The van der Waals surface area contributed by atoms with Crippen LogP contribution in [0.2, 0.25) is 0 Å². The quantitative estimate of drug-likeness (QED) is 0.754. The summed E-state index contributed by atoms with van der Waals surface area (Å²) in [6, 6.07) is 1.39. The van der Waals surface area contributed by atoms with Crippen LogP contribution in [0.1, 0.15) is 41.7 Å². The van der Waals surface area contributed by atoms with Crippen LogP contribution in [-0.4, -0.2) is 27.6 Å². The van der Waals surface area contributed by atoms with Gasteiger partial charge in [0.15, 0.2) is 5.66 Å². The SMILES string of the molecule is C#CCCC1(CCC(=O)Nc2cc(C(=O)O)cnc2C)N=N1. The van der Waals surface area contributed by atoms with Crippen LogP contribution in [0.3, 0.4) is 0 Å². The van der Waals surface area contributed by atoms with Crippen LogP contribution in [-0.2, 0) is 4.79 Å². The van der Waals surface area contributed by atoms with Crippen LogP contribution in [0.15, 0.2) is 22.5 Å². The highest BCUT2D eigenvalue weighted by molar-refractivity contribution is 5.94. The second-order valence-corrected chi connectivity index (χ2v) is 5.10. The van der Waals surface area contributed by atoms with Gasteiger partial charge in [0, 0.05) is 31.9 Å². The zero-order valence-corrected chi connectivity index (χ0v) is 12.2. The van der Waals surface area contributed by atoms with Crippen molar-refractivity contribution in [2.45, 2.75) is 38.3 Å². The van der Waals surface area contributed by atoms with Crippen LogP contribution >= 0.6 is 0 Å². The maximum absolute atomic E-state index is 12.0. The molecule has 1 aliphatic heterocycles. The standard InChI is InChI=1S/C15H16N4O3/c1-3-4-6-15(18-19-15)7-5-13(20)17-12-8-11(14(21)22)9-16-10(12)2/h1,8-9H,4-7H2,2H3,(H,17,20)(H,21,22). The molecule has 7 nitrogen and oxygen atoms in total. The molecule has 1 amide bonds. The first-order chi connectivity index (χ1) is 10.5. The van der Waals surface area contributed by atoms with E-state index < -0.39 is 11.6 Å². The summed E-state index contributed by atoms with van der Waals surface area (Å²) < 4.78 is 0. The summed E-state index contributed by atoms with van der Waals surface area (Å²) >= 11 is 0. The third-order valence-corrected chi connectivity index (χ3v) is 3.41. The van der Waals surface area contributed by atoms with Crippen molar-refractivity contribution in [3.63, 3.8) is 0 Å². The number of anilines is 1. The molecular weight excluding hydrogens is 284 g/mol. The number of carbonyl (C=O) groups is 2. The Labute approximate surface area is 127 Å². The average Bonchev–Trinajstić information content (AvgIpc) is 3.26. The summed E-state index contributed by atoms with van der Waals surface area (Å²) in [5, 5.41) is 19.5. The van der Waals surface area contributed by atoms with Gasteiger partial charge >= 0.3 is 5.97 Å². The summed E-state index contributed by atoms with van der Waals surface area (Å²) in [5.74, 6) is 1.21. The maximum Gasteiger partial charge on any atom is 0.337 e. The van der Waals surface area contributed by atoms with Crippen molar-refractivity contribution >= 4 is 17.6 Å². The number of carbonyl (C=O) groups excluding carboxylic acids is 1. The molecule has 0 aromatic carbocycles. The number of pyridine rings is 1. The molecular formula is C15H16N4O3. The number of hydrogen-bond acceptors (Lipinski definition) is 5. The van der Waals surface area contributed by atoms with Crippen molar-refractivity contribution in [2.24, 2.45) is 10.2 Å². The third kappa shape index (κ3) is 3.88. The van der Waals surface area contributed by atoms with Gasteiger partial charge in [-0.1, -0.05) is 0 Å². The first kappa shape index (κ1) is 15.6. The van der Waals surface area contributed by atoms with E-state index in [1.165, 1.54) is 12.3 Å². The van der Waals surface area contributed by atoms with Crippen LogP contribution in [0.25, 0.3) is 0 Å². The lowest BCUT2D eigenvalue weighted by molar-refractivity contribution is -0.116. The lowest BCUT2D eigenvalue weighted by atomic mass is 10.0. The summed E-state index contributed by atoms with van der Waals surface area (Å²) in [5.41, 5.74) is 0.479. The van der Waals surface area contributed by atoms with E-state index in [0.717, 1.165) is 0 Å². The van der Waals surface area contributed by atoms with Crippen molar-refractivity contribution in [2.75, 3.05) is 5.32 Å². The number of nitrogens with zero attached hydrogens (tertiary/aromatic N) is 3. The van der Waals surface area contributed by atoms with Crippen molar-refractivity contribution in [1.29, 1.82) is 0 Å². The van der Waals surface area contributed by atoms with E-state index in [4.69, 9.17) is 11.5 Å². The molecule has 0 unspecified atom stereocenters. The molecule has 0 fully saturated rings. The summed E-state index contributed by atoms with van der Waals surface area (Å²) in [4.78, 5) is 26.9. The van der Waals surface area contributed by atoms with Gasteiger partial charge < -0.3 is 10.4 Å². The zero-order chi connectivity index (χ0) is 16.2. The molecule has 7 heteroatoms. The number of hydrogen-bond donors (Lipinski definition) is 2. The topological polar surface area (TPSA) is 104 Å². The Hall–Kier alpha value is -2.75. The van der Waals surface area contributed by atoms with E-state index in [2.05, 4.69) is 26.4 Å². The molecule has 22 heavy (non-hydrogen) atoms. The van der Waals surface area contributed by atoms with Gasteiger partial charge in [0.1, 0.15) is 0 Å². The summed E-state index contributed by atoms with van der Waals surface area (Å²) in [7, 11) is 0. The van der Waals surface area contributed by atoms with E-state index in [1.54, 1.807) is 6.92 Å². The molecule has 2 rings (SSSR count). The second-order valence-electron chi connectivity index (χ2n) is 5.10. The molecule has 1 aliphatic rings. The van der Waals surface area contributed by atoms with Gasteiger partial charge in [-0.15, -0.1) is 12.3 Å².